The van der Waals surface area contributed by atoms with Gasteiger partial charge in [0.1, 0.15) is 11.6 Å². The summed E-state index contributed by atoms with van der Waals surface area (Å²) in [4.78, 5) is 0. The maximum Gasteiger partial charge on any atom is 0.142 e. The fourth-order valence-corrected chi connectivity index (χ4v) is 1.34. The van der Waals surface area contributed by atoms with Crippen LogP contribution in [-0.2, 0) is 6.42 Å². The zero-order valence-corrected chi connectivity index (χ0v) is 7.98. The van der Waals surface area contributed by atoms with Crippen molar-refractivity contribution in [3.63, 3.8) is 0 Å². The first-order chi connectivity index (χ1) is 6.02. The second-order valence-electron chi connectivity index (χ2n) is 3.04. The molecule has 13 heavy (non-hydrogen) atoms. The van der Waals surface area contributed by atoms with Gasteiger partial charge in [0.25, 0.3) is 0 Å². The molecule has 72 valence electrons. The highest BCUT2D eigenvalue weighted by molar-refractivity contribution is 6.31. The van der Waals surface area contributed by atoms with Crippen molar-refractivity contribution in [1.29, 1.82) is 0 Å². The smallest absolute Gasteiger partial charge is 0.142 e. The van der Waals surface area contributed by atoms with E-state index in [9.17, 15) is 9.50 Å². The summed E-state index contributed by atoms with van der Waals surface area (Å²) < 4.78 is 12.9. The van der Waals surface area contributed by atoms with Gasteiger partial charge < -0.3 is 10.8 Å². The van der Waals surface area contributed by atoms with Gasteiger partial charge in [0.05, 0.1) is 5.02 Å². The van der Waals surface area contributed by atoms with Crippen molar-refractivity contribution >= 4 is 11.6 Å². The Morgan fingerprint density at radius 2 is 2.23 bits per heavy atom. The summed E-state index contributed by atoms with van der Waals surface area (Å²) >= 11 is 5.65. The molecular weight excluding hydrogens is 193 g/mol. The lowest BCUT2D eigenvalue weighted by molar-refractivity contribution is 0.463. The van der Waals surface area contributed by atoms with Crippen LogP contribution in [0.1, 0.15) is 12.5 Å². The molecule has 1 atom stereocenters. The van der Waals surface area contributed by atoms with Gasteiger partial charge in [-0.15, -0.1) is 0 Å². The van der Waals surface area contributed by atoms with Gasteiger partial charge in [0.2, 0.25) is 0 Å². The third-order valence-electron chi connectivity index (χ3n) is 1.70. The molecule has 0 saturated carbocycles. The summed E-state index contributed by atoms with van der Waals surface area (Å²) in [6, 6.07) is 2.24. The van der Waals surface area contributed by atoms with Crippen LogP contribution < -0.4 is 5.73 Å². The first kappa shape index (κ1) is 10.3. The van der Waals surface area contributed by atoms with Gasteiger partial charge in [-0.1, -0.05) is 11.6 Å². The van der Waals surface area contributed by atoms with Gasteiger partial charge in [-0.25, -0.2) is 4.39 Å². The summed E-state index contributed by atoms with van der Waals surface area (Å²) in [6.45, 7) is 1.76. The van der Waals surface area contributed by atoms with Crippen LogP contribution in [0.3, 0.4) is 0 Å². The lowest BCUT2D eigenvalue weighted by Crippen LogP contribution is -2.18. The largest absolute Gasteiger partial charge is 0.508 e. The first-order valence-corrected chi connectivity index (χ1v) is 4.31. The summed E-state index contributed by atoms with van der Waals surface area (Å²) in [5.41, 5.74) is 5.89. The number of benzene rings is 1. The van der Waals surface area contributed by atoms with Crippen LogP contribution in [0.4, 0.5) is 4.39 Å². The average molecular weight is 204 g/mol. The Kier molecular flexibility index (Phi) is 3.12. The van der Waals surface area contributed by atoms with Crippen LogP contribution >= 0.6 is 11.6 Å². The molecule has 1 aromatic rings. The second kappa shape index (κ2) is 3.94. The normalized spacial score (nSPS) is 12.9. The first-order valence-electron chi connectivity index (χ1n) is 3.93. The summed E-state index contributed by atoms with van der Waals surface area (Å²) in [5.74, 6) is -0.543. The number of rotatable bonds is 2. The van der Waals surface area contributed by atoms with E-state index < -0.39 is 5.82 Å². The Bertz CT molecular complexity index is 315. The molecule has 2 nitrogen and oxygen atoms in total. The van der Waals surface area contributed by atoms with Crippen molar-refractivity contribution in [2.75, 3.05) is 0 Å². The van der Waals surface area contributed by atoms with Crippen molar-refractivity contribution in [2.45, 2.75) is 19.4 Å². The van der Waals surface area contributed by atoms with E-state index >= 15 is 0 Å². The highest BCUT2D eigenvalue weighted by Gasteiger charge is 2.12. The highest BCUT2D eigenvalue weighted by Crippen LogP contribution is 2.28. The topological polar surface area (TPSA) is 46.2 Å². The molecule has 0 spiro atoms. The van der Waals surface area contributed by atoms with E-state index in [-0.39, 0.29) is 16.8 Å². The third-order valence-corrected chi connectivity index (χ3v) is 2.11. The molecule has 0 bridgehead atoms. The fourth-order valence-electron chi connectivity index (χ4n) is 1.10. The lowest BCUT2D eigenvalue weighted by atomic mass is 10.1. The maximum absolute atomic E-state index is 12.9. The predicted octanol–water partition coefficient (Wildman–Crippen LogP) is 2.07. The summed E-state index contributed by atoms with van der Waals surface area (Å²) in [7, 11) is 0. The minimum absolute atomic E-state index is 0.0105. The molecule has 4 heteroatoms. The fraction of sp³-hybridized carbons (Fsp3) is 0.333. The van der Waals surface area contributed by atoms with Crippen molar-refractivity contribution in [3.8, 4) is 5.75 Å². The quantitative estimate of drug-likeness (QED) is 0.773. The van der Waals surface area contributed by atoms with Gasteiger partial charge in [0.15, 0.2) is 0 Å². The van der Waals surface area contributed by atoms with Crippen molar-refractivity contribution in [3.05, 3.63) is 28.5 Å². The van der Waals surface area contributed by atoms with Crippen molar-refractivity contribution < 1.29 is 9.50 Å². The summed E-state index contributed by atoms with van der Waals surface area (Å²) in [6.07, 6.45) is 0.364. The minimum Gasteiger partial charge on any atom is -0.508 e. The Balaban J connectivity index is 3.10. The molecule has 0 saturated heterocycles. The van der Waals surface area contributed by atoms with Gasteiger partial charge in [0, 0.05) is 11.6 Å². The molecule has 0 heterocycles. The van der Waals surface area contributed by atoms with Crippen LogP contribution in [0.15, 0.2) is 12.1 Å². The molecular formula is C9H11ClFNO. The number of aromatic hydroxyl groups is 1. The average Bonchev–Trinajstić information content (AvgIpc) is 2.05. The molecule has 1 rings (SSSR count). The van der Waals surface area contributed by atoms with Gasteiger partial charge in [-0.3, -0.25) is 0 Å². The van der Waals surface area contributed by atoms with E-state index in [0.29, 0.717) is 12.0 Å². The Morgan fingerprint density at radius 1 is 1.62 bits per heavy atom. The zero-order chi connectivity index (χ0) is 10.0. The van der Waals surface area contributed by atoms with E-state index in [1.807, 2.05) is 0 Å². The van der Waals surface area contributed by atoms with E-state index in [1.54, 1.807) is 6.92 Å². The SMILES string of the molecule is CC(N)Cc1c(O)ccc(F)c1Cl. The van der Waals surface area contributed by atoms with Gasteiger partial charge in [-0.05, 0) is 25.5 Å². The number of halogens is 2. The van der Waals surface area contributed by atoms with Crippen LogP contribution in [0, 0.1) is 5.82 Å². The molecule has 3 N–H and O–H groups in total. The van der Waals surface area contributed by atoms with Crippen LogP contribution in [0.25, 0.3) is 0 Å². The third kappa shape index (κ3) is 2.32. The van der Waals surface area contributed by atoms with Crippen molar-refractivity contribution in [1.82, 2.24) is 0 Å². The molecule has 0 radical (unpaired) electrons. The van der Waals surface area contributed by atoms with Gasteiger partial charge in [-0.2, -0.15) is 0 Å². The standard InChI is InChI=1S/C9H11ClFNO/c1-5(12)4-6-8(13)3-2-7(11)9(6)10/h2-3,5,13H,4,12H2,1H3. The summed E-state index contributed by atoms with van der Waals surface area (Å²) in [5, 5.41) is 9.31. The van der Waals surface area contributed by atoms with E-state index in [4.69, 9.17) is 17.3 Å². The number of hydrogen-bond donors (Lipinski definition) is 2. The number of phenols is 1. The van der Waals surface area contributed by atoms with Gasteiger partial charge >= 0.3 is 0 Å². The zero-order valence-electron chi connectivity index (χ0n) is 7.22. The molecule has 0 aliphatic carbocycles. The predicted molar refractivity (Wildman–Crippen MR) is 50.4 cm³/mol. The number of phenolic OH excluding ortho intramolecular Hbond substituents is 1. The molecule has 0 amide bonds. The molecule has 1 unspecified atom stereocenters. The molecule has 1 aromatic carbocycles. The molecule has 0 aliphatic rings. The van der Waals surface area contributed by atoms with Crippen LogP contribution in [0.2, 0.25) is 5.02 Å². The van der Waals surface area contributed by atoms with E-state index in [0.717, 1.165) is 6.07 Å². The maximum atomic E-state index is 12.9. The van der Waals surface area contributed by atoms with E-state index in [1.165, 1.54) is 6.07 Å². The Morgan fingerprint density at radius 3 is 2.77 bits per heavy atom. The van der Waals surface area contributed by atoms with Crippen LogP contribution in [0.5, 0.6) is 5.75 Å². The van der Waals surface area contributed by atoms with Crippen LogP contribution in [-0.4, -0.2) is 11.1 Å². The Labute approximate surface area is 81.1 Å². The second-order valence-corrected chi connectivity index (χ2v) is 3.42. The monoisotopic (exact) mass is 203 g/mol. The number of nitrogens with two attached hydrogens (primary N) is 1. The highest BCUT2D eigenvalue weighted by atomic mass is 35.5. The molecule has 0 fully saturated rings. The minimum atomic E-state index is -0.532. The van der Waals surface area contributed by atoms with Crippen molar-refractivity contribution in [2.24, 2.45) is 5.73 Å². The number of hydrogen-bond acceptors (Lipinski definition) is 2. The Hall–Kier alpha value is -0.800. The van der Waals surface area contributed by atoms with E-state index in [2.05, 4.69) is 0 Å². The lowest BCUT2D eigenvalue weighted by Gasteiger charge is -2.09. The molecule has 0 aliphatic heterocycles. The molecule has 0 aromatic heterocycles.